The second kappa shape index (κ2) is 9.96. The summed E-state index contributed by atoms with van der Waals surface area (Å²) in [5.74, 6) is -1.61. The largest absolute Gasteiger partial charge is 0.395 e. The van der Waals surface area contributed by atoms with Crippen molar-refractivity contribution in [2.45, 2.75) is 66.6 Å². The lowest BCUT2D eigenvalue weighted by atomic mass is 9.70. The molecule has 4 unspecified atom stereocenters. The fourth-order valence-electron chi connectivity index (χ4n) is 5.81. The van der Waals surface area contributed by atoms with E-state index in [1.54, 1.807) is 11.8 Å². The number of halogens is 1. The van der Waals surface area contributed by atoms with Crippen molar-refractivity contribution in [3.8, 4) is 0 Å². The van der Waals surface area contributed by atoms with E-state index in [-0.39, 0.29) is 47.0 Å². The number of amides is 3. The quantitative estimate of drug-likeness (QED) is 0.419. The van der Waals surface area contributed by atoms with E-state index in [1.807, 2.05) is 37.3 Å². The molecule has 0 radical (unpaired) electrons. The summed E-state index contributed by atoms with van der Waals surface area (Å²) in [6.07, 6.45) is 2.44. The molecule has 3 saturated heterocycles. The second-order valence-corrected chi connectivity index (χ2v) is 12.0. The number of carbonyl (C=O) groups excluding carboxylic acids is 3. The molecule has 1 aromatic carbocycles. The third-order valence-corrected chi connectivity index (χ3v) is 10.3. The minimum Gasteiger partial charge on any atom is -0.395 e. The van der Waals surface area contributed by atoms with Crippen LogP contribution in [-0.2, 0) is 20.9 Å². The number of rotatable bonds is 9. The number of hydrogen-bond acceptors (Lipinski definition) is 5. The summed E-state index contributed by atoms with van der Waals surface area (Å²) in [6.45, 7) is 4.30. The number of nitrogens with one attached hydrogen (secondary N) is 2. The molecule has 3 heterocycles. The minimum absolute atomic E-state index is 0.00244. The number of alkyl halides is 1. The van der Waals surface area contributed by atoms with Gasteiger partial charge >= 0.3 is 0 Å². The Morgan fingerprint density at radius 2 is 2.03 bits per heavy atom. The van der Waals surface area contributed by atoms with Crippen molar-refractivity contribution in [1.29, 1.82) is 0 Å². The number of hydrogen-bond donors (Lipinski definition) is 3. The van der Waals surface area contributed by atoms with Gasteiger partial charge in [0.25, 0.3) is 0 Å². The molecule has 9 heteroatoms. The monoisotopic (exact) mass is 537 g/mol. The van der Waals surface area contributed by atoms with Crippen molar-refractivity contribution in [2.24, 2.45) is 11.8 Å². The predicted molar refractivity (Wildman–Crippen MR) is 132 cm³/mol. The second-order valence-electron chi connectivity index (χ2n) is 9.32. The maximum Gasteiger partial charge on any atom is 0.244 e. The maximum absolute atomic E-state index is 13.6. The van der Waals surface area contributed by atoms with Crippen LogP contribution in [-0.4, -0.2) is 67.8 Å². The molecule has 2 bridgehead atoms. The Bertz CT molecular complexity index is 903. The third kappa shape index (κ3) is 4.32. The lowest BCUT2D eigenvalue weighted by Gasteiger charge is -2.35. The highest BCUT2D eigenvalue weighted by molar-refractivity contribution is 9.09. The molecule has 3 aliphatic rings. The van der Waals surface area contributed by atoms with Crippen LogP contribution in [0.2, 0.25) is 0 Å². The van der Waals surface area contributed by atoms with E-state index in [9.17, 15) is 19.5 Å². The Hall–Kier alpha value is -1.58. The molecule has 0 aliphatic carbocycles. The molecule has 0 saturated carbocycles. The van der Waals surface area contributed by atoms with Gasteiger partial charge in [0.1, 0.15) is 6.04 Å². The molecule has 4 rings (SSSR count). The summed E-state index contributed by atoms with van der Waals surface area (Å²) in [7, 11) is 0. The molecule has 33 heavy (non-hydrogen) atoms. The molecule has 1 aromatic rings. The van der Waals surface area contributed by atoms with Gasteiger partial charge in [0, 0.05) is 29.2 Å². The third-order valence-electron chi connectivity index (χ3n) is 7.10. The van der Waals surface area contributed by atoms with Crippen molar-refractivity contribution in [3.63, 3.8) is 0 Å². The van der Waals surface area contributed by atoms with E-state index in [1.165, 1.54) is 4.90 Å². The number of β-amino-alcohol motifs (C(OH)–C–C–N with tert-alkyl or cyclic N) is 1. The highest BCUT2D eigenvalue weighted by Crippen LogP contribution is 2.67. The van der Waals surface area contributed by atoms with Gasteiger partial charge in [0.2, 0.25) is 17.7 Å². The van der Waals surface area contributed by atoms with E-state index >= 15 is 0 Å². The summed E-state index contributed by atoms with van der Waals surface area (Å²) in [5, 5.41) is 15.7. The summed E-state index contributed by atoms with van der Waals surface area (Å²) in [4.78, 5) is 42.0. The molecule has 3 aliphatic heterocycles. The minimum atomic E-state index is -0.691. The summed E-state index contributed by atoms with van der Waals surface area (Å²) < 4.78 is -0.671. The molecule has 3 amide bonds. The number of thioether (sulfide) groups is 1. The van der Waals surface area contributed by atoms with Crippen LogP contribution in [0.25, 0.3) is 0 Å². The van der Waals surface area contributed by atoms with Gasteiger partial charge in [-0.15, -0.1) is 11.8 Å². The predicted octanol–water partition coefficient (Wildman–Crippen LogP) is 2.06. The van der Waals surface area contributed by atoms with Gasteiger partial charge in [-0.05, 0) is 25.3 Å². The molecule has 7 nitrogen and oxygen atoms in total. The van der Waals surface area contributed by atoms with E-state index < -0.39 is 22.6 Å². The Morgan fingerprint density at radius 3 is 2.70 bits per heavy atom. The Kier molecular flexibility index (Phi) is 7.41. The van der Waals surface area contributed by atoms with Crippen molar-refractivity contribution in [3.05, 3.63) is 35.9 Å². The summed E-state index contributed by atoms with van der Waals surface area (Å²) in [5.41, 5.74) is 0.994. The van der Waals surface area contributed by atoms with Crippen LogP contribution in [0.5, 0.6) is 0 Å². The van der Waals surface area contributed by atoms with Crippen molar-refractivity contribution in [1.82, 2.24) is 15.5 Å². The standard InChI is InChI=1S/C24H32BrN3O4S/c1-3-7-14(2)27-22(31)20-24-12-16(25)19(33-24)17(18(24)23(32)28(20)10-11-29)21(30)26-13-15-8-5-4-6-9-15/h4-6,8-9,14,16-20,29H,3,7,10-13H2,1-2H3,(H,26,30)(H,27,31)/t14?,16?,17-,18-,19-,20?,24?/m0/s1. The highest BCUT2D eigenvalue weighted by atomic mass is 79.9. The maximum atomic E-state index is 13.6. The van der Waals surface area contributed by atoms with Gasteiger partial charge in [-0.3, -0.25) is 14.4 Å². The number of aliphatic hydroxyl groups excluding tert-OH is 1. The van der Waals surface area contributed by atoms with Crippen LogP contribution in [0.3, 0.4) is 0 Å². The van der Waals surface area contributed by atoms with Crippen LogP contribution in [0.15, 0.2) is 30.3 Å². The molecule has 0 aromatic heterocycles. The molecule has 3 N–H and O–H groups in total. The van der Waals surface area contributed by atoms with Crippen LogP contribution in [0.4, 0.5) is 0 Å². The van der Waals surface area contributed by atoms with Crippen molar-refractivity contribution in [2.75, 3.05) is 13.2 Å². The van der Waals surface area contributed by atoms with E-state index in [2.05, 4.69) is 33.5 Å². The average Bonchev–Trinajstić information content (AvgIpc) is 3.37. The van der Waals surface area contributed by atoms with Gasteiger partial charge in [0.15, 0.2) is 0 Å². The van der Waals surface area contributed by atoms with Gasteiger partial charge < -0.3 is 20.6 Å². The smallest absolute Gasteiger partial charge is 0.244 e. The molecular weight excluding hydrogens is 506 g/mol. The van der Waals surface area contributed by atoms with E-state index in [4.69, 9.17) is 0 Å². The fourth-order valence-corrected chi connectivity index (χ4v) is 9.42. The van der Waals surface area contributed by atoms with Gasteiger partial charge in [-0.25, -0.2) is 0 Å². The van der Waals surface area contributed by atoms with E-state index in [0.717, 1.165) is 18.4 Å². The fraction of sp³-hybridized carbons (Fsp3) is 0.625. The molecule has 180 valence electrons. The summed E-state index contributed by atoms with van der Waals surface area (Å²) >= 11 is 5.36. The van der Waals surface area contributed by atoms with E-state index in [0.29, 0.717) is 13.0 Å². The zero-order valence-electron chi connectivity index (χ0n) is 19.0. The first-order valence-electron chi connectivity index (χ1n) is 11.7. The zero-order valence-corrected chi connectivity index (χ0v) is 21.4. The Morgan fingerprint density at radius 1 is 1.30 bits per heavy atom. The lowest BCUT2D eigenvalue weighted by molar-refractivity contribution is -0.140. The normalized spacial score (nSPS) is 33.2. The summed E-state index contributed by atoms with van der Waals surface area (Å²) in [6, 6.07) is 8.98. The first-order valence-corrected chi connectivity index (χ1v) is 13.5. The van der Waals surface area contributed by atoms with Crippen LogP contribution in [0, 0.1) is 11.8 Å². The van der Waals surface area contributed by atoms with Gasteiger partial charge in [-0.1, -0.05) is 59.6 Å². The topological polar surface area (TPSA) is 98.7 Å². The Balaban J connectivity index is 1.60. The zero-order chi connectivity index (χ0) is 23.8. The lowest BCUT2D eigenvalue weighted by Crippen LogP contribution is -2.56. The Labute approximate surface area is 207 Å². The first-order chi connectivity index (χ1) is 15.8. The first kappa shape index (κ1) is 24.5. The number of fused-ring (bicyclic) bond motifs is 1. The van der Waals surface area contributed by atoms with Crippen LogP contribution in [0.1, 0.15) is 38.7 Å². The van der Waals surface area contributed by atoms with Crippen LogP contribution < -0.4 is 10.6 Å². The van der Waals surface area contributed by atoms with Gasteiger partial charge in [-0.2, -0.15) is 0 Å². The highest BCUT2D eigenvalue weighted by Gasteiger charge is 2.75. The number of aliphatic hydroxyl groups is 1. The van der Waals surface area contributed by atoms with Crippen molar-refractivity contribution >= 4 is 45.4 Å². The average molecular weight is 539 g/mol. The number of nitrogens with zero attached hydrogens (tertiary/aromatic N) is 1. The number of benzene rings is 1. The molecule has 3 fully saturated rings. The van der Waals surface area contributed by atoms with Crippen molar-refractivity contribution < 1.29 is 19.5 Å². The number of likely N-dealkylation sites (tertiary alicyclic amines) is 1. The van der Waals surface area contributed by atoms with Crippen LogP contribution >= 0.6 is 27.7 Å². The number of carbonyl (C=O) groups is 3. The molecule has 1 spiro atoms. The SMILES string of the molecule is CCCC(C)NC(=O)C1N(CCO)C(=O)[C@@H]2[C@H](C(=O)NCc3ccccc3)[C@H]3SC12CC3Br. The molecule has 7 atom stereocenters. The molecular formula is C24H32BrN3O4S. The van der Waals surface area contributed by atoms with Gasteiger partial charge in [0.05, 0.1) is 23.2 Å².